The fourth-order valence-corrected chi connectivity index (χ4v) is 6.15. The Labute approximate surface area is 216 Å². The highest BCUT2D eigenvalue weighted by molar-refractivity contribution is 9.10. The SMILES string of the molecule is Brc1ccc2ccc3cccc4ccc1c2c34.OB(O)c1ccc2ccc3cccc4ccc1c2c34. The average molecular weight is 527 g/mol. The topological polar surface area (TPSA) is 40.5 Å². The van der Waals surface area contributed by atoms with E-state index in [9.17, 15) is 10.0 Å². The molecule has 0 heterocycles. The van der Waals surface area contributed by atoms with Gasteiger partial charge < -0.3 is 10.0 Å². The van der Waals surface area contributed by atoms with Crippen molar-refractivity contribution in [3.8, 4) is 0 Å². The van der Waals surface area contributed by atoms with E-state index >= 15 is 0 Å². The molecule has 8 aromatic rings. The van der Waals surface area contributed by atoms with Crippen molar-refractivity contribution in [1.82, 2.24) is 0 Å². The van der Waals surface area contributed by atoms with E-state index < -0.39 is 7.12 Å². The normalized spacial score (nSPS) is 11.8. The second-order valence-corrected chi connectivity index (χ2v) is 10.1. The molecule has 0 saturated carbocycles. The van der Waals surface area contributed by atoms with E-state index in [2.05, 4.69) is 94.8 Å². The van der Waals surface area contributed by atoms with Crippen molar-refractivity contribution in [3.63, 3.8) is 0 Å². The third-order valence-corrected chi connectivity index (χ3v) is 8.01. The molecule has 0 aliphatic heterocycles. The molecule has 4 heteroatoms. The number of halogens is 1. The Balaban J connectivity index is 0.000000123. The van der Waals surface area contributed by atoms with Crippen LogP contribution >= 0.6 is 15.9 Å². The number of hydrogen-bond donors (Lipinski definition) is 2. The summed E-state index contributed by atoms with van der Waals surface area (Å²) in [6, 6.07) is 37.8. The van der Waals surface area contributed by atoms with Crippen LogP contribution in [-0.2, 0) is 0 Å². The molecule has 36 heavy (non-hydrogen) atoms. The third kappa shape index (κ3) is 3.19. The zero-order chi connectivity index (χ0) is 24.4. The Morgan fingerprint density at radius 2 is 0.806 bits per heavy atom. The lowest BCUT2D eigenvalue weighted by Gasteiger charge is -2.13. The highest BCUT2D eigenvalue weighted by atomic mass is 79.9. The van der Waals surface area contributed by atoms with Crippen LogP contribution in [0.1, 0.15) is 0 Å². The van der Waals surface area contributed by atoms with Gasteiger partial charge in [0.25, 0.3) is 0 Å². The van der Waals surface area contributed by atoms with Crippen LogP contribution in [-0.4, -0.2) is 17.2 Å². The molecule has 0 aromatic heterocycles. The van der Waals surface area contributed by atoms with Crippen LogP contribution < -0.4 is 5.46 Å². The Bertz CT molecular complexity index is 2020. The van der Waals surface area contributed by atoms with Gasteiger partial charge >= 0.3 is 7.12 Å². The van der Waals surface area contributed by atoms with Gasteiger partial charge in [-0.05, 0) is 76.2 Å². The van der Waals surface area contributed by atoms with Crippen molar-refractivity contribution in [3.05, 3.63) is 114 Å². The van der Waals surface area contributed by atoms with Crippen LogP contribution in [0.2, 0.25) is 0 Å². The van der Waals surface area contributed by atoms with Crippen LogP contribution in [0.4, 0.5) is 0 Å². The predicted molar refractivity (Wildman–Crippen MR) is 158 cm³/mol. The predicted octanol–water partition coefficient (Wildman–Crippen LogP) is 7.61. The molecule has 0 saturated heterocycles. The van der Waals surface area contributed by atoms with Crippen LogP contribution in [0.15, 0.2) is 114 Å². The molecule has 0 bridgehead atoms. The minimum Gasteiger partial charge on any atom is -0.423 e. The Kier molecular flexibility index (Phi) is 4.90. The lowest BCUT2D eigenvalue weighted by Crippen LogP contribution is -2.30. The third-order valence-electron chi connectivity index (χ3n) is 7.32. The van der Waals surface area contributed by atoms with Crippen LogP contribution in [0.25, 0.3) is 64.6 Å². The van der Waals surface area contributed by atoms with Crippen LogP contribution in [0, 0.1) is 0 Å². The largest absolute Gasteiger partial charge is 0.489 e. The summed E-state index contributed by atoms with van der Waals surface area (Å²) in [7, 11) is -1.44. The minimum absolute atomic E-state index is 0.561. The zero-order valence-corrected chi connectivity index (χ0v) is 20.8. The fourth-order valence-electron chi connectivity index (χ4n) is 5.68. The molecular formula is C32H20BBrO2. The van der Waals surface area contributed by atoms with Gasteiger partial charge in [-0.15, -0.1) is 0 Å². The van der Waals surface area contributed by atoms with Gasteiger partial charge in [0, 0.05) is 4.47 Å². The maximum Gasteiger partial charge on any atom is 0.489 e. The van der Waals surface area contributed by atoms with Crippen molar-refractivity contribution in [2.45, 2.75) is 0 Å². The van der Waals surface area contributed by atoms with Crippen molar-refractivity contribution in [2.75, 3.05) is 0 Å². The smallest absolute Gasteiger partial charge is 0.423 e. The van der Waals surface area contributed by atoms with E-state index in [1.807, 2.05) is 24.3 Å². The minimum atomic E-state index is -1.44. The number of hydrogen-bond acceptors (Lipinski definition) is 2. The lowest BCUT2D eigenvalue weighted by molar-refractivity contribution is 0.426. The Morgan fingerprint density at radius 1 is 0.417 bits per heavy atom. The van der Waals surface area contributed by atoms with Gasteiger partial charge in [0.05, 0.1) is 0 Å². The first kappa shape index (κ1) is 21.6. The lowest BCUT2D eigenvalue weighted by atomic mass is 9.75. The first-order valence-electron chi connectivity index (χ1n) is 11.9. The van der Waals surface area contributed by atoms with Crippen molar-refractivity contribution < 1.29 is 10.0 Å². The van der Waals surface area contributed by atoms with Crippen molar-refractivity contribution in [2.24, 2.45) is 0 Å². The number of rotatable bonds is 1. The quantitative estimate of drug-likeness (QED) is 0.171. The summed E-state index contributed by atoms with van der Waals surface area (Å²) in [6.45, 7) is 0. The summed E-state index contributed by atoms with van der Waals surface area (Å²) in [4.78, 5) is 0. The second-order valence-electron chi connectivity index (χ2n) is 9.29. The maximum absolute atomic E-state index is 9.51. The number of benzene rings is 8. The molecule has 0 spiro atoms. The van der Waals surface area contributed by atoms with E-state index in [0.29, 0.717) is 5.46 Å². The molecule has 0 aliphatic rings. The molecule has 8 rings (SSSR count). The molecule has 0 radical (unpaired) electrons. The summed E-state index contributed by atoms with van der Waals surface area (Å²) >= 11 is 3.64. The van der Waals surface area contributed by atoms with E-state index in [-0.39, 0.29) is 0 Å². The summed E-state index contributed by atoms with van der Waals surface area (Å²) in [5, 5.41) is 33.7. The summed E-state index contributed by atoms with van der Waals surface area (Å²) in [5.41, 5.74) is 0.561. The standard InChI is InChI=1S/C16H11BO2.C16H9Br/c18-17(19)14-9-7-12-5-4-10-2-1-3-11-6-8-13(14)16(12)15(10)11;17-14-9-7-12-5-4-10-2-1-3-11-6-8-13(14)16(12)15(10)11/h1-9,18-19H;1-9H. The zero-order valence-electron chi connectivity index (χ0n) is 19.2. The van der Waals surface area contributed by atoms with Gasteiger partial charge in [-0.1, -0.05) is 119 Å². The Morgan fingerprint density at radius 3 is 1.33 bits per heavy atom. The van der Waals surface area contributed by atoms with E-state index in [0.717, 1.165) is 16.2 Å². The van der Waals surface area contributed by atoms with Crippen molar-refractivity contribution in [1.29, 1.82) is 0 Å². The average Bonchev–Trinajstić information content (AvgIpc) is 2.91. The van der Waals surface area contributed by atoms with Crippen molar-refractivity contribution >= 4 is 93.1 Å². The summed E-state index contributed by atoms with van der Waals surface area (Å²) in [5.74, 6) is 0. The van der Waals surface area contributed by atoms with Gasteiger partial charge in [-0.2, -0.15) is 0 Å². The molecule has 0 fully saturated rings. The van der Waals surface area contributed by atoms with Crippen LogP contribution in [0.5, 0.6) is 0 Å². The Hall–Kier alpha value is -3.70. The monoisotopic (exact) mass is 526 g/mol. The van der Waals surface area contributed by atoms with E-state index in [1.54, 1.807) is 6.07 Å². The van der Waals surface area contributed by atoms with Gasteiger partial charge in [0.2, 0.25) is 0 Å². The first-order valence-corrected chi connectivity index (χ1v) is 12.7. The summed E-state index contributed by atoms with van der Waals surface area (Å²) in [6.07, 6.45) is 0. The van der Waals surface area contributed by atoms with E-state index in [1.165, 1.54) is 52.9 Å². The van der Waals surface area contributed by atoms with Gasteiger partial charge in [-0.25, -0.2) is 0 Å². The van der Waals surface area contributed by atoms with Gasteiger partial charge in [-0.3, -0.25) is 0 Å². The first-order chi connectivity index (χ1) is 17.6. The fraction of sp³-hybridized carbons (Fsp3) is 0. The molecule has 0 atom stereocenters. The highest BCUT2D eigenvalue weighted by Crippen LogP contribution is 2.37. The molecular weight excluding hydrogens is 507 g/mol. The maximum atomic E-state index is 9.51. The van der Waals surface area contributed by atoms with Gasteiger partial charge in [0.15, 0.2) is 0 Å². The molecule has 0 aliphatic carbocycles. The molecule has 0 unspecified atom stereocenters. The van der Waals surface area contributed by atoms with Crippen LogP contribution in [0.3, 0.4) is 0 Å². The molecule has 8 aromatic carbocycles. The molecule has 170 valence electrons. The highest BCUT2D eigenvalue weighted by Gasteiger charge is 2.17. The molecule has 2 nitrogen and oxygen atoms in total. The summed E-state index contributed by atoms with van der Waals surface area (Å²) < 4.78 is 1.17. The van der Waals surface area contributed by atoms with Gasteiger partial charge in [0.1, 0.15) is 0 Å². The molecule has 2 N–H and O–H groups in total. The molecule has 0 amide bonds. The second kappa shape index (κ2) is 8.17. The van der Waals surface area contributed by atoms with E-state index in [4.69, 9.17) is 0 Å².